The third kappa shape index (κ3) is 2.21. The Morgan fingerprint density at radius 2 is 2.25 bits per heavy atom. The van der Waals surface area contributed by atoms with Crippen LogP contribution >= 0.6 is 11.8 Å². The molecule has 1 unspecified atom stereocenters. The van der Waals surface area contributed by atoms with Crippen molar-refractivity contribution in [1.29, 1.82) is 0 Å². The third-order valence-electron chi connectivity index (χ3n) is 2.95. The molecule has 1 atom stereocenters. The standard InChI is InChI=1S/C12H15N3S/c1-8-4-10(6-13-5-8)15-12-14-7-11(16-12)9-2-3-9/h4-6,9,11H,2-3,7H2,1H3,(H,14,15). The van der Waals surface area contributed by atoms with Crippen LogP contribution in [-0.2, 0) is 0 Å². The zero-order valence-corrected chi connectivity index (χ0v) is 10.1. The highest BCUT2D eigenvalue weighted by atomic mass is 32.2. The summed E-state index contributed by atoms with van der Waals surface area (Å²) in [5.74, 6) is 0.920. The second kappa shape index (κ2) is 4.09. The van der Waals surface area contributed by atoms with E-state index < -0.39 is 0 Å². The highest BCUT2D eigenvalue weighted by molar-refractivity contribution is 8.15. The number of thioether (sulfide) groups is 1. The number of rotatable bonds is 2. The average molecular weight is 233 g/mol. The van der Waals surface area contributed by atoms with Crippen LogP contribution in [0.3, 0.4) is 0 Å². The second-order valence-corrected chi connectivity index (χ2v) is 5.74. The van der Waals surface area contributed by atoms with Gasteiger partial charge in [-0.05, 0) is 37.3 Å². The van der Waals surface area contributed by atoms with Crippen LogP contribution < -0.4 is 5.32 Å². The monoisotopic (exact) mass is 233 g/mol. The van der Waals surface area contributed by atoms with Gasteiger partial charge in [-0.3, -0.25) is 9.98 Å². The van der Waals surface area contributed by atoms with Crippen LogP contribution in [0.15, 0.2) is 23.5 Å². The fraction of sp³-hybridized carbons (Fsp3) is 0.500. The maximum atomic E-state index is 4.54. The Labute approximate surface area is 99.8 Å². The first-order valence-electron chi connectivity index (χ1n) is 5.71. The van der Waals surface area contributed by atoms with E-state index in [-0.39, 0.29) is 0 Å². The van der Waals surface area contributed by atoms with Gasteiger partial charge in [0.1, 0.15) is 0 Å². The minimum absolute atomic E-state index is 0.722. The van der Waals surface area contributed by atoms with Gasteiger partial charge in [0.25, 0.3) is 0 Å². The fourth-order valence-corrected chi connectivity index (χ4v) is 3.15. The summed E-state index contributed by atoms with van der Waals surface area (Å²) in [6.45, 7) is 3.03. The van der Waals surface area contributed by atoms with Gasteiger partial charge in [-0.2, -0.15) is 0 Å². The van der Waals surface area contributed by atoms with Crippen LogP contribution in [0.1, 0.15) is 18.4 Å². The van der Waals surface area contributed by atoms with Crippen molar-refractivity contribution in [2.24, 2.45) is 10.9 Å². The van der Waals surface area contributed by atoms with Crippen LogP contribution in [0.4, 0.5) is 5.69 Å². The normalized spacial score (nSPS) is 24.3. The molecule has 0 saturated heterocycles. The first kappa shape index (κ1) is 10.1. The van der Waals surface area contributed by atoms with E-state index in [9.17, 15) is 0 Å². The Balaban J connectivity index is 1.63. The molecule has 4 heteroatoms. The molecule has 0 aromatic carbocycles. The summed E-state index contributed by atoms with van der Waals surface area (Å²) in [5.41, 5.74) is 2.22. The molecule has 1 saturated carbocycles. The van der Waals surface area contributed by atoms with E-state index in [4.69, 9.17) is 0 Å². The summed E-state index contributed by atoms with van der Waals surface area (Å²) < 4.78 is 0. The lowest BCUT2D eigenvalue weighted by Gasteiger charge is -2.07. The van der Waals surface area contributed by atoms with Gasteiger partial charge in [0.05, 0.1) is 18.4 Å². The number of amidine groups is 1. The van der Waals surface area contributed by atoms with E-state index in [1.807, 2.05) is 24.2 Å². The van der Waals surface area contributed by atoms with Gasteiger partial charge in [0.15, 0.2) is 5.17 Å². The first-order valence-corrected chi connectivity index (χ1v) is 6.59. The van der Waals surface area contributed by atoms with Crippen molar-refractivity contribution in [2.75, 3.05) is 11.9 Å². The number of aliphatic imine (C=N–C) groups is 1. The fourth-order valence-electron chi connectivity index (χ4n) is 1.92. The summed E-state index contributed by atoms with van der Waals surface area (Å²) in [5, 5.41) is 5.13. The van der Waals surface area contributed by atoms with Crippen LogP contribution in [-0.4, -0.2) is 21.9 Å². The van der Waals surface area contributed by atoms with E-state index >= 15 is 0 Å². The molecule has 1 fully saturated rings. The molecule has 0 bridgehead atoms. The smallest absolute Gasteiger partial charge is 0.161 e. The largest absolute Gasteiger partial charge is 0.334 e. The molecule has 1 aliphatic carbocycles. The maximum Gasteiger partial charge on any atom is 0.161 e. The number of aromatic nitrogens is 1. The Hall–Kier alpha value is -1.03. The molecule has 0 spiro atoms. The Kier molecular flexibility index (Phi) is 2.59. The van der Waals surface area contributed by atoms with Crippen LogP contribution in [0, 0.1) is 12.8 Å². The Morgan fingerprint density at radius 3 is 3.00 bits per heavy atom. The molecule has 0 amide bonds. The van der Waals surface area contributed by atoms with E-state index in [0.29, 0.717) is 0 Å². The van der Waals surface area contributed by atoms with Crippen molar-refractivity contribution in [3.05, 3.63) is 24.0 Å². The Bertz CT molecular complexity index is 426. The predicted octanol–water partition coefficient (Wildman–Crippen LogP) is 2.68. The molecule has 1 aromatic rings. The predicted molar refractivity (Wildman–Crippen MR) is 69.0 cm³/mol. The zero-order valence-electron chi connectivity index (χ0n) is 9.31. The average Bonchev–Trinajstić information content (AvgIpc) is 3.01. The highest BCUT2D eigenvalue weighted by Crippen LogP contribution is 2.41. The van der Waals surface area contributed by atoms with Crippen LogP contribution in [0.2, 0.25) is 0 Å². The minimum Gasteiger partial charge on any atom is -0.334 e. The molecule has 1 N–H and O–H groups in total. The summed E-state index contributed by atoms with van der Waals surface area (Å²) in [7, 11) is 0. The number of nitrogens with one attached hydrogen (secondary N) is 1. The van der Waals surface area contributed by atoms with E-state index in [1.54, 1.807) is 0 Å². The lowest BCUT2D eigenvalue weighted by atomic mass is 10.3. The molecule has 2 heterocycles. The molecule has 2 aliphatic rings. The topological polar surface area (TPSA) is 37.3 Å². The van der Waals surface area contributed by atoms with Crippen LogP contribution in [0.25, 0.3) is 0 Å². The molecule has 0 radical (unpaired) electrons. The van der Waals surface area contributed by atoms with Crippen LogP contribution in [0.5, 0.6) is 0 Å². The van der Waals surface area contributed by atoms with Gasteiger partial charge < -0.3 is 5.32 Å². The second-order valence-electron chi connectivity index (χ2n) is 4.52. The van der Waals surface area contributed by atoms with E-state index in [1.165, 1.54) is 18.4 Å². The number of nitrogens with zero attached hydrogens (tertiary/aromatic N) is 2. The van der Waals surface area contributed by atoms with Crippen molar-refractivity contribution in [2.45, 2.75) is 25.0 Å². The van der Waals surface area contributed by atoms with Gasteiger partial charge in [-0.15, -0.1) is 0 Å². The minimum atomic E-state index is 0.722. The van der Waals surface area contributed by atoms with Gasteiger partial charge >= 0.3 is 0 Å². The number of pyridine rings is 1. The van der Waals surface area contributed by atoms with Crippen molar-refractivity contribution in [3.8, 4) is 0 Å². The number of aryl methyl sites for hydroxylation is 1. The number of hydrogen-bond acceptors (Lipinski definition) is 4. The van der Waals surface area contributed by atoms with E-state index in [2.05, 4.69) is 28.3 Å². The summed E-state index contributed by atoms with van der Waals surface area (Å²) >= 11 is 1.89. The summed E-state index contributed by atoms with van der Waals surface area (Å²) in [6, 6.07) is 2.10. The van der Waals surface area contributed by atoms with Gasteiger partial charge in [0.2, 0.25) is 0 Å². The van der Waals surface area contributed by atoms with Crippen molar-refractivity contribution in [3.63, 3.8) is 0 Å². The van der Waals surface area contributed by atoms with Gasteiger partial charge in [-0.25, -0.2) is 0 Å². The molecule has 1 aromatic heterocycles. The first-order chi connectivity index (χ1) is 7.81. The van der Waals surface area contributed by atoms with Crippen molar-refractivity contribution >= 4 is 22.6 Å². The highest BCUT2D eigenvalue weighted by Gasteiger charge is 2.35. The summed E-state index contributed by atoms with van der Waals surface area (Å²) in [4.78, 5) is 8.71. The van der Waals surface area contributed by atoms with E-state index in [0.717, 1.165) is 28.6 Å². The zero-order chi connectivity index (χ0) is 11.0. The Morgan fingerprint density at radius 1 is 1.38 bits per heavy atom. The lowest BCUT2D eigenvalue weighted by molar-refractivity contribution is 0.773. The summed E-state index contributed by atoms with van der Waals surface area (Å²) in [6.07, 6.45) is 6.50. The van der Waals surface area contributed by atoms with Crippen molar-refractivity contribution in [1.82, 2.24) is 4.98 Å². The number of hydrogen-bond donors (Lipinski definition) is 1. The molecule has 1 aliphatic heterocycles. The molecule has 3 nitrogen and oxygen atoms in total. The van der Waals surface area contributed by atoms with Gasteiger partial charge in [0, 0.05) is 11.4 Å². The molecular weight excluding hydrogens is 218 g/mol. The maximum absolute atomic E-state index is 4.54. The van der Waals surface area contributed by atoms with Gasteiger partial charge in [-0.1, -0.05) is 11.8 Å². The molecular formula is C12H15N3S. The molecule has 3 rings (SSSR count). The lowest BCUT2D eigenvalue weighted by Crippen LogP contribution is -2.09. The quantitative estimate of drug-likeness (QED) is 0.853. The number of anilines is 1. The SMILES string of the molecule is Cc1cncc(NC2=NCC(C3CC3)S2)c1. The molecule has 16 heavy (non-hydrogen) atoms. The third-order valence-corrected chi connectivity index (χ3v) is 4.24. The molecule has 84 valence electrons. The van der Waals surface area contributed by atoms with Crippen molar-refractivity contribution < 1.29 is 0 Å².